The van der Waals surface area contributed by atoms with E-state index in [0.717, 1.165) is 0 Å². The molecule has 2 amide bonds. The van der Waals surface area contributed by atoms with Crippen molar-refractivity contribution in [1.29, 1.82) is 0 Å². The molecule has 4 rings (SSSR count). The van der Waals surface area contributed by atoms with Crippen molar-refractivity contribution in [2.45, 2.75) is 9.79 Å². The van der Waals surface area contributed by atoms with Crippen LogP contribution in [0, 0.1) is 0 Å². The molecule has 0 saturated carbocycles. The van der Waals surface area contributed by atoms with Gasteiger partial charge in [-0.05, 0) is 48.5 Å². The van der Waals surface area contributed by atoms with Crippen molar-refractivity contribution < 1.29 is 39.5 Å². The third-order valence-electron chi connectivity index (χ3n) is 5.35. The summed E-state index contributed by atoms with van der Waals surface area (Å²) in [5, 5.41) is 5.01. The third kappa shape index (κ3) is 6.45. The van der Waals surface area contributed by atoms with Gasteiger partial charge in [-0.25, -0.2) is 4.79 Å². The smallest absolute Gasteiger partial charge is 0.343 e. The van der Waals surface area contributed by atoms with Gasteiger partial charge < -0.3 is 28.5 Å². The summed E-state index contributed by atoms with van der Waals surface area (Å²) in [6.07, 6.45) is 0. The Kier molecular flexibility index (Phi) is 8.46. The predicted octanol–water partition coefficient (Wildman–Crippen LogP) is 4.88. The molecule has 0 atom stereocenters. The predicted molar refractivity (Wildman–Crippen MR) is 147 cm³/mol. The van der Waals surface area contributed by atoms with E-state index >= 15 is 0 Å². The van der Waals surface area contributed by atoms with Crippen LogP contribution >= 0.6 is 0 Å². The SMILES string of the molecule is COc1ccccc1S(=O)(=O)Oc1ccccc1NC(=O)Nc1ccccc1OS(=O)(=O)c1ccccc1OC. The van der Waals surface area contributed by atoms with Gasteiger partial charge in [0.05, 0.1) is 25.6 Å². The number of hydrogen-bond acceptors (Lipinski definition) is 9. The Bertz CT molecular complexity index is 1610. The molecule has 0 unspecified atom stereocenters. The number of methoxy groups -OCH3 is 2. The van der Waals surface area contributed by atoms with Crippen LogP contribution in [-0.2, 0) is 20.2 Å². The second-order valence-electron chi connectivity index (χ2n) is 7.95. The maximum absolute atomic E-state index is 12.9. The molecule has 0 saturated heterocycles. The van der Waals surface area contributed by atoms with Gasteiger partial charge in [-0.1, -0.05) is 48.5 Å². The van der Waals surface area contributed by atoms with E-state index in [1.807, 2.05) is 0 Å². The van der Waals surface area contributed by atoms with Crippen LogP contribution in [0.25, 0.3) is 0 Å². The van der Waals surface area contributed by atoms with Gasteiger partial charge in [-0.2, -0.15) is 16.8 Å². The molecule has 40 heavy (non-hydrogen) atoms. The summed E-state index contributed by atoms with van der Waals surface area (Å²) in [6, 6.07) is 22.8. The van der Waals surface area contributed by atoms with Crippen LogP contribution in [0.3, 0.4) is 0 Å². The number of para-hydroxylation sites is 6. The molecule has 4 aromatic rings. The van der Waals surface area contributed by atoms with Crippen molar-refractivity contribution in [3.8, 4) is 23.0 Å². The molecule has 0 bridgehead atoms. The first-order valence-corrected chi connectivity index (χ1v) is 14.4. The number of ether oxygens (including phenoxy) is 2. The van der Waals surface area contributed by atoms with Crippen LogP contribution in [-0.4, -0.2) is 37.1 Å². The summed E-state index contributed by atoms with van der Waals surface area (Å²) in [4.78, 5) is 12.5. The number of amides is 2. The van der Waals surface area contributed by atoms with Gasteiger partial charge in [0.25, 0.3) is 0 Å². The number of carbonyl (C=O) groups is 1. The van der Waals surface area contributed by atoms with Crippen molar-refractivity contribution >= 4 is 37.6 Å². The lowest BCUT2D eigenvalue weighted by Crippen LogP contribution is -2.21. The zero-order chi connectivity index (χ0) is 28.8. The first kappa shape index (κ1) is 28.3. The molecule has 0 aliphatic heterocycles. The standard InChI is InChI=1S/C27H24N2O9S2/c1-35-23-15-7-9-17-25(23)39(31,32)37-21-13-5-3-11-19(21)28-27(30)29-20-12-4-6-14-22(20)38-40(33,34)26-18-10-8-16-24(26)36-2/h3-18H,1-2H3,(H2,28,29,30). The fraction of sp³-hybridized carbons (Fsp3) is 0.0741. The van der Waals surface area contributed by atoms with Crippen LogP contribution in [0.2, 0.25) is 0 Å². The summed E-state index contributed by atoms with van der Waals surface area (Å²) in [7, 11) is -5.99. The normalized spacial score (nSPS) is 11.2. The lowest BCUT2D eigenvalue weighted by Gasteiger charge is -2.16. The first-order valence-electron chi connectivity index (χ1n) is 11.6. The Hall–Kier alpha value is -4.75. The monoisotopic (exact) mass is 584 g/mol. The van der Waals surface area contributed by atoms with E-state index in [9.17, 15) is 21.6 Å². The molecular formula is C27H24N2O9S2. The molecule has 13 heteroatoms. The van der Waals surface area contributed by atoms with E-state index < -0.39 is 26.3 Å². The number of rotatable bonds is 10. The highest BCUT2D eigenvalue weighted by atomic mass is 32.2. The van der Waals surface area contributed by atoms with Crippen LogP contribution < -0.4 is 28.5 Å². The minimum absolute atomic E-state index is 0.0264. The fourth-order valence-electron chi connectivity index (χ4n) is 3.54. The Labute approximate surface area is 231 Å². The number of carbonyl (C=O) groups excluding carboxylic acids is 1. The maximum Gasteiger partial charge on any atom is 0.343 e. The van der Waals surface area contributed by atoms with Gasteiger partial charge >= 0.3 is 26.3 Å². The Morgan fingerprint density at radius 1 is 0.525 bits per heavy atom. The van der Waals surface area contributed by atoms with Crippen molar-refractivity contribution in [1.82, 2.24) is 0 Å². The summed E-state index contributed by atoms with van der Waals surface area (Å²) in [5.74, 6) is -0.144. The molecule has 0 fully saturated rings. The molecule has 0 aliphatic rings. The summed E-state index contributed by atoms with van der Waals surface area (Å²) in [6.45, 7) is 0. The van der Waals surface area contributed by atoms with Crippen LogP contribution in [0.15, 0.2) is 107 Å². The van der Waals surface area contributed by atoms with E-state index in [1.165, 1.54) is 87.0 Å². The van der Waals surface area contributed by atoms with Gasteiger partial charge in [0.15, 0.2) is 11.5 Å². The van der Waals surface area contributed by atoms with Crippen molar-refractivity contribution in [3.63, 3.8) is 0 Å². The lowest BCUT2D eigenvalue weighted by atomic mass is 10.3. The highest BCUT2D eigenvalue weighted by Gasteiger charge is 2.25. The molecule has 4 aromatic carbocycles. The second-order valence-corrected chi connectivity index (χ2v) is 11.0. The quantitative estimate of drug-likeness (QED) is 0.249. The summed E-state index contributed by atoms with van der Waals surface area (Å²) in [5.41, 5.74) is 0.0528. The minimum atomic E-state index is -4.33. The molecule has 0 heterocycles. The number of benzene rings is 4. The average molecular weight is 585 g/mol. The Morgan fingerprint density at radius 3 is 1.23 bits per heavy atom. The van der Waals surface area contributed by atoms with E-state index in [2.05, 4.69) is 10.6 Å². The molecule has 0 spiro atoms. The van der Waals surface area contributed by atoms with Gasteiger partial charge in [-0.3, -0.25) is 0 Å². The first-order chi connectivity index (χ1) is 19.1. The van der Waals surface area contributed by atoms with E-state index in [4.69, 9.17) is 17.8 Å². The highest BCUT2D eigenvalue weighted by molar-refractivity contribution is 7.87. The Morgan fingerprint density at radius 2 is 0.850 bits per heavy atom. The van der Waals surface area contributed by atoms with Crippen molar-refractivity contribution in [2.75, 3.05) is 24.9 Å². The zero-order valence-electron chi connectivity index (χ0n) is 21.2. The second kappa shape index (κ2) is 12.0. The molecule has 208 valence electrons. The average Bonchev–Trinajstić information content (AvgIpc) is 2.94. The molecule has 0 radical (unpaired) electrons. The van der Waals surface area contributed by atoms with Gasteiger partial charge in [0, 0.05) is 0 Å². The fourth-order valence-corrected chi connectivity index (χ4v) is 5.77. The topological polar surface area (TPSA) is 146 Å². The van der Waals surface area contributed by atoms with Crippen molar-refractivity contribution in [3.05, 3.63) is 97.1 Å². The van der Waals surface area contributed by atoms with E-state index in [0.29, 0.717) is 0 Å². The van der Waals surface area contributed by atoms with Crippen LogP contribution in [0.5, 0.6) is 23.0 Å². The van der Waals surface area contributed by atoms with Crippen molar-refractivity contribution in [2.24, 2.45) is 0 Å². The number of hydrogen-bond donors (Lipinski definition) is 2. The van der Waals surface area contributed by atoms with Crippen LogP contribution in [0.1, 0.15) is 0 Å². The lowest BCUT2D eigenvalue weighted by molar-refractivity contribution is 0.262. The highest BCUT2D eigenvalue weighted by Crippen LogP contribution is 2.33. The zero-order valence-corrected chi connectivity index (χ0v) is 22.9. The number of urea groups is 1. The Balaban J connectivity index is 1.54. The maximum atomic E-state index is 12.9. The summed E-state index contributed by atoms with van der Waals surface area (Å²) >= 11 is 0. The number of nitrogens with one attached hydrogen (secondary N) is 2. The van der Waals surface area contributed by atoms with Gasteiger partial charge in [-0.15, -0.1) is 0 Å². The van der Waals surface area contributed by atoms with E-state index in [1.54, 1.807) is 24.3 Å². The largest absolute Gasteiger partial charge is 0.495 e. The molecular weight excluding hydrogens is 560 g/mol. The summed E-state index contributed by atoms with van der Waals surface area (Å²) < 4.78 is 72.6. The van der Waals surface area contributed by atoms with Gasteiger partial charge in [0.1, 0.15) is 21.3 Å². The molecule has 2 N–H and O–H groups in total. The van der Waals surface area contributed by atoms with Crippen LogP contribution in [0.4, 0.5) is 16.2 Å². The van der Waals surface area contributed by atoms with Gasteiger partial charge in [0.2, 0.25) is 0 Å². The van der Waals surface area contributed by atoms with E-state index in [-0.39, 0.29) is 44.2 Å². The molecule has 0 aromatic heterocycles. The number of anilines is 2. The molecule has 11 nitrogen and oxygen atoms in total. The minimum Gasteiger partial charge on any atom is -0.495 e. The molecule has 0 aliphatic carbocycles. The third-order valence-corrected chi connectivity index (χ3v) is 7.90.